The third-order valence-corrected chi connectivity index (χ3v) is 4.46. The van der Waals surface area contributed by atoms with Gasteiger partial charge in [-0.2, -0.15) is 0 Å². The van der Waals surface area contributed by atoms with Crippen LogP contribution in [0, 0.1) is 6.92 Å². The molecule has 1 aromatic rings. The van der Waals surface area contributed by atoms with Crippen LogP contribution in [-0.4, -0.2) is 30.2 Å². The van der Waals surface area contributed by atoms with Crippen molar-refractivity contribution in [3.8, 4) is 0 Å². The van der Waals surface area contributed by atoms with Crippen LogP contribution in [0.3, 0.4) is 0 Å². The van der Waals surface area contributed by atoms with E-state index in [4.69, 9.17) is 14.2 Å². The SMILES string of the molecule is Cc1ccccc1C1=C[C@@H]2O[C@H](C1)[C@H]1OC(C)(C)O[C@H]12. The van der Waals surface area contributed by atoms with Gasteiger partial charge in [0.05, 0.1) is 6.10 Å². The second-order valence-corrected chi connectivity index (χ2v) is 6.41. The summed E-state index contributed by atoms with van der Waals surface area (Å²) in [5.74, 6) is -0.483. The zero-order valence-electron chi connectivity index (χ0n) is 12.1. The van der Waals surface area contributed by atoms with Crippen molar-refractivity contribution in [2.75, 3.05) is 0 Å². The highest BCUT2D eigenvalue weighted by atomic mass is 16.8. The second-order valence-electron chi connectivity index (χ2n) is 6.41. The van der Waals surface area contributed by atoms with Crippen LogP contribution >= 0.6 is 0 Å². The van der Waals surface area contributed by atoms with Gasteiger partial charge in [0.25, 0.3) is 0 Å². The first-order chi connectivity index (χ1) is 9.53. The molecule has 3 heteroatoms. The Morgan fingerprint density at radius 1 is 1.10 bits per heavy atom. The van der Waals surface area contributed by atoms with Crippen LogP contribution < -0.4 is 0 Å². The Labute approximate surface area is 119 Å². The number of hydrogen-bond acceptors (Lipinski definition) is 3. The van der Waals surface area contributed by atoms with Crippen molar-refractivity contribution in [3.63, 3.8) is 0 Å². The van der Waals surface area contributed by atoms with E-state index in [2.05, 4.69) is 37.3 Å². The maximum atomic E-state index is 6.02. The lowest BCUT2D eigenvalue weighted by atomic mass is 9.94. The molecule has 0 aliphatic carbocycles. The largest absolute Gasteiger partial charge is 0.365 e. The van der Waals surface area contributed by atoms with Gasteiger partial charge >= 0.3 is 0 Å². The molecular formula is C17H20O3. The number of aryl methyl sites for hydroxylation is 1. The van der Waals surface area contributed by atoms with E-state index in [1.807, 2.05) is 13.8 Å². The minimum Gasteiger partial charge on any atom is -0.365 e. The van der Waals surface area contributed by atoms with E-state index in [0.717, 1.165) is 6.42 Å². The topological polar surface area (TPSA) is 27.7 Å². The molecule has 3 aliphatic rings. The molecule has 3 aliphatic heterocycles. The van der Waals surface area contributed by atoms with Gasteiger partial charge in [0.15, 0.2) is 5.79 Å². The van der Waals surface area contributed by atoms with E-state index >= 15 is 0 Å². The van der Waals surface area contributed by atoms with Gasteiger partial charge in [0.1, 0.15) is 18.3 Å². The quantitative estimate of drug-likeness (QED) is 0.786. The van der Waals surface area contributed by atoms with Gasteiger partial charge in [0, 0.05) is 6.42 Å². The summed E-state index contributed by atoms with van der Waals surface area (Å²) in [6.07, 6.45) is 3.38. The molecule has 2 saturated heterocycles. The standard InChI is InChI=1S/C17H20O3/c1-10-6-4-5-7-12(10)11-8-13-15-16(14(9-11)18-13)20-17(2,3)19-15/h4-8,13-16H,9H2,1-3H3/t13-,14+,15-,16+/m0/s1. The lowest BCUT2D eigenvalue weighted by molar-refractivity contribution is -0.182. The smallest absolute Gasteiger partial charge is 0.164 e. The summed E-state index contributed by atoms with van der Waals surface area (Å²) in [5, 5.41) is 0. The van der Waals surface area contributed by atoms with E-state index in [-0.39, 0.29) is 24.4 Å². The van der Waals surface area contributed by atoms with E-state index < -0.39 is 5.79 Å². The lowest BCUT2D eigenvalue weighted by Crippen LogP contribution is -2.30. The van der Waals surface area contributed by atoms with Gasteiger partial charge in [0.2, 0.25) is 0 Å². The number of hydrogen-bond donors (Lipinski definition) is 0. The molecule has 3 nitrogen and oxygen atoms in total. The van der Waals surface area contributed by atoms with Crippen LogP contribution in [0.25, 0.3) is 5.57 Å². The van der Waals surface area contributed by atoms with Crippen LogP contribution in [0.2, 0.25) is 0 Å². The molecule has 0 spiro atoms. The predicted molar refractivity (Wildman–Crippen MR) is 76.3 cm³/mol. The number of benzene rings is 1. The van der Waals surface area contributed by atoms with Gasteiger partial charge in [-0.1, -0.05) is 24.3 Å². The van der Waals surface area contributed by atoms with Crippen molar-refractivity contribution in [3.05, 3.63) is 41.5 Å². The van der Waals surface area contributed by atoms with Crippen molar-refractivity contribution in [1.29, 1.82) is 0 Å². The fraction of sp³-hybridized carbons (Fsp3) is 0.529. The van der Waals surface area contributed by atoms with Crippen molar-refractivity contribution in [1.82, 2.24) is 0 Å². The minimum absolute atomic E-state index is 0.0233. The number of fused-ring (bicyclic) bond motifs is 5. The monoisotopic (exact) mass is 272 g/mol. The van der Waals surface area contributed by atoms with Crippen LogP contribution in [0.15, 0.2) is 30.3 Å². The van der Waals surface area contributed by atoms with Crippen molar-refractivity contribution in [2.24, 2.45) is 0 Å². The third-order valence-electron chi connectivity index (χ3n) is 4.46. The third kappa shape index (κ3) is 1.85. The first kappa shape index (κ1) is 12.6. The first-order valence-corrected chi connectivity index (χ1v) is 7.31. The van der Waals surface area contributed by atoms with Crippen molar-refractivity contribution >= 4 is 5.57 Å². The highest BCUT2D eigenvalue weighted by Crippen LogP contribution is 2.45. The van der Waals surface area contributed by atoms with Gasteiger partial charge in [-0.05, 0) is 43.5 Å². The normalized spacial score (nSPS) is 37.6. The fourth-order valence-corrected chi connectivity index (χ4v) is 3.63. The van der Waals surface area contributed by atoms with E-state index in [1.165, 1.54) is 16.7 Å². The van der Waals surface area contributed by atoms with Gasteiger partial charge in [-0.15, -0.1) is 0 Å². The Bertz CT molecular complexity index is 575. The molecule has 0 amide bonds. The molecule has 1 aromatic carbocycles. The Kier molecular flexibility index (Phi) is 2.62. The van der Waals surface area contributed by atoms with Crippen LogP contribution in [0.1, 0.15) is 31.4 Å². The molecule has 4 rings (SSSR count). The van der Waals surface area contributed by atoms with Crippen LogP contribution in [0.4, 0.5) is 0 Å². The van der Waals surface area contributed by atoms with E-state index in [9.17, 15) is 0 Å². The summed E-state index contributed by atoms with van der Waals surface area (Å²) < 4.78 is 18.1. The summed E-state index contributed by atoms with van der Waals surface area (Å²) in [5.41, 5.74) is 4.00. The molecule has 106 valence electrons. The summed E-state index contributed by atoms with van der Waals surface area (Å²) in [6.45, 7) is 6.12. The first-order valence-electron chi connectivity index (χ1n) is 7.31. The Morgan fingerprint density at radius 3 is 2.65 bits per heavy atom. The molecule has 4 atom stereocenters. The molecule has 20 heavy (non-hydrogen) atoms. The number of rotatable bonds is 1. The average molecular weight is 272 g/mol. The molecule has 2 fully saturated rings. The summed E-state index contributed by atoms with van der Waals surface area (Å²) in [7, 11) is 0. The summed E-state index contributed by atoms with van der Waals surface area (Å²) in [4.78, 5) is 0. The molecule has 3 heterocycles. The number of ether oxygens (including phenoxy) is 3. The highest BCUT2D eigenvalue weighted by Gasteiger charge is 2.56. The molecule has 0 radical (unpaired) electrons. The zero-order valence-corrected chi connectivity index (χ0v) is 12.1. The Balaban J connectivity index is 1.67. The van der Waals surface area contributed by atoms with Gasteiger partial charge in [-0.25, -0.2) is 0 Å². The summed E-state index contributed by atoms with van der Waals surface area (Å²) in [6, 6.07) is 8.52. The molecule has 0 saturated carbocycles. The average Bonchev–Trinajstić information content (AvgIpc) is 2.84. The minimum atomic E-state index is -0.483. The zero-order chi connectivity index (χ0) is 13.9. The Morgan fingerprint density at radius 2 is 1.85 bits per heavy atom. The molecule has 0 N–H and O–H groups in total. The maximum absolute atomic E-state index is 6.02. The van der Waals surface area contributed by atoms with Gasteiger partial charge < -0.3 is 14.2 Å². The van der Waals surface area contributed by atoms with Crippen LogP contribution in [-0.2, 0) is 14.2 Å². The molecule has 2 bridgehead atoms. The van der Waals surface area contributed by atoms with Crippen LogP contribution in [0.5, 0.6) is 0 Å². The second kappa shape index (κ2) is 4.17. The van der Waals surface area contributed by atoms with Crippen molar-refractivity contribution < 1.29 is 14.2 Å². The highest BCUT2D eigenvalue weighted by molar-refractivity contribution is 5.70. The predicted octanol–water partition coefficient (Wildman–Crippen LogP) is 3.07. The Hall–Kier alpha value is -1.16. The maximum Gasteiger partial charge on any atom is 0.164 e. The fourth-order valence-electron chi connectivity index (χ4n) is 3.63. The van der Waals surface area contributed by atoms with E-state index in [0.29, 0.717) is 0 Å². The molecule has 0 aromatic heterocycles. The van der Waals surface area contributed by atoms with Crippen molar-refractivity contribution in [2.45, 2.75) is 57.4 Å². The summed E-state index contributed by atoms with van der Waals surface area (Å²) >= 11 is 0. The molecule has 0 unspecified atom stereocenters. The lowest BCUT2D eigenvalue weighted by Gasteiger charge is -2.27. The molecular weight excluding hydrogens is 252 g/mol. The van der Waals surface area contributed by atoms with E-state index in [1.54, 1.807) is 0 Å². The van der Waals surface area contributed by atoms with Gasteiger partial charge in [-0.3, -0.25) is 0 Å².